The van der Waals surface area contributed by atoms with Gasteiger partial charge in [-0.15, -0.1) is 64.0 Å². The summed E-state index contributed by atoms with van der Waals surface area (Å²) in [6.45, 7) is 6.75. The third-order valence-corrected chi connectivity index (χ3v) is 10.2. The topological polar surface area (TPSA) is 25.8 Å². The summed E-state index contributed by atoms with van der Waals surface area (Å²) in [7, 11) is 0. The van der Waals surface area contributed by atoms with Crippen molar-refractivity contribution in [2.75, 3.05) is 0 Å². The number of rotatable bonds is 4. The van der Waals surface area contributed by atoms with E-state index in [-0.39, 0.29) is 26.5 Å². The summed E-state index contributed by atoms with van der Waals surface area (Å²) < 4.78 is 0. The van der Waals surface area contributed by atoms with Gasteiger partial charge in [-0.1, -0.05) is 129 Å². The summed E-state index contributed by atoms with van der Waals surface area (Å²) >= 11 is 0. The van der Waals surface area contributed by atoms with Crippen LogP contribution in [0.1, 0.15) is 48.6 Å². The van der Waals surface area contributed by atoms with E-state index in [1.54, 1.807) is 0 Å². The van der Waals surface area contributed by atoms with Crippen LogP contribution in [0.15, 0.2) is 152 Å². The first-order chi connectivity index (χ1) is 23.9. The van der Waals surface area contributed by atoms with Crippen LogP contribution < -0.4 is 0 Å². The number of benzene rings is 6. The van der Waals surface area contributed by atoms with Crippen LogP contribution in [0.25, 0.3) is 55.2 Å². The van der Waals surface area contributed by atoms with Crippen LogP contribution in [0.3, 0.4) is 0 Å². The first-order valence-corrected chi connectivity index (χ1v) is 16.9. The average molecular weight is 822 g/mol. The van der Waals surface area contributed by atoms with Gasteiger partial charge in [-0.3, -0.25) is 0 Å². The normalized spacial score (nSPS) is 13.1. The Kier molecular flexibility index (Phi) is 7.89. The van der Waals surface area contributed by atoms with Crippen molar-refractivity contribution in [3.05, 3.63) is 192 Å². The molecule has 0 N–H and O–H groups in total. The van der Waals surface area contributed by atoms with Gasteiger partial charge in [-0.2, -0.15) is 0 Å². The minimum absolute atomic E-state index is 0. The Hall–Kier alpha value is -5.17. The van der Waals surface area contributed by atoms with Crippen LogP contribution in [-0.2, 0) is 31.9 Å². The van der Waals surface area contributed by atoms with Gasteiger partial charge >= 0.3 is 21.1 Å². The molecule has 6 aromatic carbocycles. The van der Waals surface area contributed by atoms with Crippen molar-refractivity contribution in [2.45, 2.75) is 31.6 Å². The standard InChI is InChI=1S/C47H34N2.Pt/c1-46(2,3)34-24-26-48-44(30-34)41-29-36(27-32-14-5-6-17-37(32)41)47(42-21-10-8-19-39(42)40-20-9-11-22-43(40)47)35-16-12-15-33(28-35)45-38-18-7-4-13-31(38)23-25-49-45;/h4-27,30H,1-3H3;/q-2;+2. The van der Waals surface area contributed by atoms with Crippen molar-refractivity contribution in [2.24, 2.45) is 0 Å². The number of hydrogen-bond acceptors (Lipinski definition) is 2. The predicted octanol–water partition coefficient (Wildman–Crippen LogP) is 11.4. The fourth-order valence-corrected chi connectivity index (χ4v) is 7.80. The summed E-state index contributed by atoms with van der Waals surface area (Å²) in [5.74, 6) is 0. The SMILES string of the molecule is CC(C)(C)c1ccnc(-c2[c-]c(C3(c4[c-]c(-c5nccc6ccccc56)ccc4)c4ccccc4-c4ccccc43)cc3ccccc23)c1.[Pt+2]. The molecule has 1 aliphatic carbocycles. The van der Waals surface area contributed by atoms with E-state index in [1.807, 2.05) is 12.4 Å². The molecule has 0 bridgehead atoms. The number of aromatic nitrogens is 2. The quantitative estimate of drug-likeness (QED) is 0.165. The van der Waals surface area contributed by atoms with E-state index in [0.717, 1.165) is 55.2 Å². The average Bonchev–Trinajstić information content (AvgIpc) is 3.45. The zero-order valence-electron chi connectivity index (χ0n) is 28.1. The maximum atomic E-state index is 4.96. The number of pyridine rings is 2. The van der Waals surface area contributed by atoms with Gasteiger partial charge in [-0.25, -0.2) is 0 Å². The van der Waals surface area contributed by atoms with Crippen LogP contribution >= 0.6 is 0 Å². The van der Waals surface area contributed by atoms with Gasteiger partial charge in [0, 0.05) is 17.8 Å². The maximum absolute atomic E-state index is 4.96. The van der Waals surface area contributed by atoms with E-state index in [4.69, 9.17) is 9.97 Å². The van der Waals surface area contributed by atoms with E-state index in [9.17, 15) is 0 Å². The molecular formula is C47H34N2Pt. The molecule has 0 aliphatic heterocycles. The number of hydrogen-bond donors (Lipinski definition) is 0. The predicted molar refractivity (Wildman–Crippen MR) is 202 cm³/mol. The molecule has 2 nitrogen and oxygen atoms in total. The van der Waals surface area contributed by atoms with Gasteiger partial charge in [0.15, 0.2) is 0 Å². The Balaban J connectivity index is 0.00000361. The fourth-order valence-electron chi connectivity index (χ4n) is 7.80. The Morgan fingerprint density at radius 1 is 0.540 bits per heavy atom. The molecular weight excluding hydrogens is 788 g/mol. The molecule has 0 amide bonds. The summed E-state index contributed by atoms with van der Waals surface area (Å²) in [5.41, 5.74) is 11.4. The molecule has 2 heterocycles. The van der Waals surface area contributed by atoms with E-state index < -0.39 is 5.41 Å². The fraction of sp³-hybridized carbons (Fsp3) is 0.106. The number of fused-ring (bicyclic) bond motifs is 5. The molecule has 50 heavy (non-hydrogen) atoms. The van der Waals surface area contributed by atoms with E-state index in [1.165, 1.54) is 27.8 Å². The van der Waals surface area contributed by atoms with E-state index in [2.05, 4.69) is 172 Å². The third-order valence-electron chi connectivity index (χ3n) is 10.2. The second-order valence-corrected chi connectivity index (χ2v) is 14.0. The molecule has 0 fully saturated rings. The number of nitrogens with zero attached hydrogens (tertiary/aromatic N) is 2. The first-order valence-electron chi connectivity index (χ1n) is 16.9. The summed E-state index contributed by atoms with van der Waals surface area (Å²) in [5, 5.41) is 4.57. The van der Waals surface area contributed by atoms with Gasteiger partial charge in [0.1, 0.15) is 0 Å². The molecule has 0 radical (unpaired) electrons. The van der Waals surface area contributed by atoms with Crippen molar-refractivity contribution in [1.29, 1.82) is 0 Å². The second kappa shape index (κ2) is 12.3. The molecule has 1 aliphatic rings. The van der Waals surface area contributed by atoms with Gasteiger partial charge in [0.05, 0.1) is 0 Å². The van der Waals surface area contributed by atoms with Crippen LogP contribution in [0.5, 0.6) is 0 Å². The molecule has 242 valence electrons. The van der Waals surface area contributed by atoms with Crippen molar-refractivity contribution in [1.82, 2.24) is 9.97 Å². The van der Waals surface area contributed by atoms with Gasteiger partial charge in [0.2, 0.25) is 0 Å². The largest absolute Gasteiger partial charge is 2.00 e. The minimum Gasteiger partial charge on any atom is -0.305 e. The molecule has 3 heteroatoms. The monoisotopic (exact) mass is 821 g/mol. The van der Waals surface area contributed by atoms with Crippen LogP contribution in [-0.4, -0.2) is 9.97 Å². The van der Waals surface area contributed by atoms with Crippen LogP contribution in [0.4, 0.5) is 0 Å². The van der Waals surface area contributed by atoms with E-state index >= 15 is 0 Å². The Labute approximate surface area is 308 Å². The molecule has 0 saturated carbocycles. The summed E-state index contributed by atoms with van der Waals surface area (Å²) in [4.78, 5) is 9.86. The molecule has 9 rings (SSSR count). The molecule has 0 atom stereocenters. The molecule has 0 saturated heterocycles. The maximum Gasteiger partial charge on any atom is 2.00 e. The zero-order valence-corrected chi connectivity index (χ0v) is 30.4. The van der Waals surface area contributed by atoms with E-state index in [0.29, 0.717) is 0 Å². The first kappa shape index (κ1) is 32.1. The van der Waals surface area contributed by atoms with Crippen LogP contribution in [0.2, 0.25) is 0 Å². The van der Waals surface area contributed by atoms with Gasteiger partial charge in [0.25, 0.3) is 0 Å². The third kappa shape index (κ3) is 4.97. The molecule has 2 aromatic heterocycles. The Morgan fingerprint density at radius 2 is 1.18 bits per heavy atom. The smallest absolute Gasteiger partial charge is 0.305 e. The Morgan fingerprint density at radius 3 is 1.92 bits per heavy atom. The minimum atomic E-state index is -0.686. The molecule has 0 unspecified atom stereocenters. The molecule has 0 spiro atoms. The summed E-state index contributed by atoms with van der Waals surface area (Å²) in [6.07, 6.45) is 3.84. The second-order valence-electron chi connectivity index (χ2n) is 14.0. The molecule has 8 aromatic rings. The Bertz CT molecular complexity index is 2510. The van der Waals surface area contributed by atoms with Gasteiger partial charge in [-0.05, 0) is 67.5 Å². The van der Waals surface area contributed by atoms with Crippen molar-refractivity contribution in [3.8, 4) is 33.6 Å². The van der Waals surface area contributed by atoms with Gasteiger partial charge < -0.3 is 9.97 Å². The van der Waals surface area contributed by atoms with Crippen molar-refractivity contribution in [3.63, 3.8) is 0 Å². The van der Waals surface area contributed by atoms with Crippen molar-refractivity contribution >= 4 is 21.5 Å². The van der Waals surface area contributed by atoms with Crippen LogP contribution in [0, 0.1) is 12.1 Å². The summed E-state index contributed by atoms with van der Waals surface area (Å²) in [6, 6.07) is 58.0. The van der Waals surface area contributed by atoms with Crippen molar-refractivity contribution < 1.29 is 21.1 Å². The zero-order chi connectivity index (χ0) is 33.2.